The maximum atomic E-state index is 13.4. The zero-order valence-electron chi connectivity index (χ0n) is 20.3. The number of carboxylic acid groups (broad SMARTS) is 1. The van der Waals surface area contributed by atoms with Crippen molar-refractivity contribution >= 4 is 40.2 Å². The highest BCUT2D eigenvalue weighted by Gasteiger charge is 2.36. The largest absolute Gasteiger partial charge is 0.477 e. The smallest absolute Gasteiger partial charge is 0.341 e. The standard InChI is InChI=1S/C24H29FN6O5S/c1-15(30-8-2-5-17(11-30)22(33)26-10-16-4-3-9-36-13-16)29-21-18(6-7-25)20(32)19(23(34)35)12-31(21)24-27-14-28-37-24/h6,12,14,16-17H,1-5,7-11,13H2,(H,26,33)(H,34,35)/b18-6-,29-21+. The van der Waals surface area contributed by atoms with E-state index in [-0.39, 0.29) is 34.2 Å². The van der Waals surface area contributed by atoms with Crippen LogP contribution in [0.5, 0.6) is 0 Å². The Morgan fingerprint density at radius 2 is 2.22 bits per heavy atom. The lowest BCUT2D eigenvalue weighted by atomic mass is 9.96. The number of allylic oxidation sites excluding steroid dienone is 1. The Morgan fingerprint density at radius 3 is 2.89 bits per heavy atom. The summed E-state index contributed by atoms with van der Waals surface area (Å²) in [7, 11) is 0. The van der Waals surface area contributed by atoms with E-state index in [4.69, 9.17) is 4.74 Å². The highest BCUT2D eigenvalue weighted by molar-refractivity contribution is 7.09. The molecule has 0 bridgehead atoms. The fraction of sp³-hybridized carbons (Fsp3) is 0.500. The number of Topliss-reactive ketones (excluding diaryl/α,β-unsaturated/α-hetero) is 1. The Bertz CT molecular complexity index is 1130. The van der Waals surface area contributed by atoms with Gasteiger partial charge in [0.1, 0.15) is 24.4 Å². The number of alkyl halides is 1. The lowest BCUT2D eigenvalue weighted by molar-refractivity contribution is -0.134. The highest BCUT2D eigenvalue weighted by Crippen LogP contribution is 2.28. The average molecular weight is 533 g/mol. The SMILES string of the molecule is C=C(/N=C1\C(=C/CF)C(=O)C(C(=O)O)=CN1c1ncns1)N1CCCC(C(=O)NCC2CCCOC2)C1. The Hall–Kier alpha value is -3.45. The van der Waals surface area contributed by atoms with Crippen LogP contribution in [0.4, 0.5) is 9.52 Å². The average Bonchev–Trinajstić information content (AvgIpc) is 3.44. The quantitative estimate of drug-likeness (QED) is 0.380. The third-order valence-electron chi connectivity index (χ3n) is 6.50. The molecule has 4 heterocycles. The number of carbonyl (C=O) groups is 3. The predicted molar refractivity (Wildman–Crippen MR) is 135 cm³/mol. The first-order chi connectivity index (χ1) is 17.9. The molecule has 1 aromatic heterocycles. The number of rotatable bonds is 8. The van der Waals surface area contributed by atoms with Gasteiger partial charge in [0.15, 0.2) is 5.84 Å². The number of hydrogen-bond donors (Lipinski definition) is 2. The molecule has 4 rings (SSSR count). The molecular formula is C24H29FN6O5S. The fourth-order valence-electron chi connectivity index (χ4n) is 4.55. The van der Waals surface area contributed by atoms with E-state index >= 15 is 0 Å². The van der Waals surface area contributed by atoms with Crippen LogP contribution >= 0.6 is 11.5 Å². The second kappa shape index (κ2) is 12.2. The number of anilines is 1. The first-order valence-electron chi connectivity index (χ1n) is 12.1. The van der Waals surface area contributed by atoms with E-state index in [9.17, 15) is 23.9 Å². The molecular weight excluding hydrogens is 503 g/mol. The number of ether oxygens (including phenoxy) is 1. The first kappa shape index (κ1) is 26.6. The number of carbonyl (C=O) groups excluding carboxylic acids is 2. The fourth-order valence-corrected chi connectivity index (χ4v) is 5.06. The molecule has 0 aliphatic carbocycles. The molecule has 0 spiro atoms. The summed E-state index contributed by atoms with van der Waals surface area (Å²) in [5, 5.41) is 12.8. The zero-order valence-corrected chi connectivity index (χ0v) is 21.1. The highest BCUT2D eigenvalue weighted by atomic mass is 32.1. The van der Waals surface area contributed by atoms with E-state index in [1.54, 1.807) is 0 Å². The van der Waals surface area contributed by atoms with E-state index in [1.807, 2.05) is 4.90 Å². The van der Waals surface area contributed by atoms with Gasteiger partial charge in [-0.25, -0.2) is 19.2 Å². The van der Waals surface area contributed by atoms with Crippen molar-refractivity contribution in [3.05, 3.63) is 42.1 Å². The Kier molecular flexibility index (Phi) is 8.77. The molecule has 0 radical (unpaired) electrons. The van der Waals surface area contributed by atoms with Crippen molar-refractivity contribution in [3.8, 4) is 0 Å². The number of aromatic nitrogens is 2. The van der Waals surface area contributed by atoms with Crippen molar-refractivity contribution in [2.24, 2.45) is 16.8 Å². The van der Waals surface area contributed by atoms with Gasteiger partial charge in [-0.3, -0.25) is 14.5 Å². The molecule has 13 heteroatoms. The van der Waals surface area contributed by atoms with Crippen LogP contribution < -0.4 is 10.2 Å². The van der Waals surface area contributed by atoms with E-state index in [0.29, 0.717) is 32.2 Å². The van der Waals surface area contributed by atoms with E-state index < -0.39 is 24.0 Å². The third kappa shape index (κ3) is 6.28. The molecule has 2 atom stereocenters. The zero-order chi connectivity index (χ0) is 26.4. The first-order valence-corrected chi connectivity index (χ1v) is 12.9. The van der Waals surface area contributed by atoms with Crippen molar-refractivity contribution in [1.82, 2.24) is 19.6 Å². The van der Waals surface area contributed by atoms with E-state index in [0.717, 1.165) is 56.1 Å². The van der Waals surface area contributed by atoms with Gasteiger partial charge < -0.3 is 20.1 Å². The number of amidine groups is 1. The van der Waals surface area contributed by atoms with E-state index in [2.05, 4.69) is 26.2 Å². The topological polar surface area (TPSA) is 137 Å². The third-order valence-corrected chi connectivity index (χ3v) is 7.16. The van der Waals surface area contributed by atoms with Gasteiger partial charge in [-0.05, 0) is 37.7 Å². The number of aliphatic carboxylic acids is 1. The molecule has 0 saturated carbocycles. The number of halogens is 1. The molecule has 2 saturated heterocycles. The number of carboxylic acids is 1. The molecule has 1 aromatic rings. The molecule has 0 aromatic carbocycles. The van der Waals surface area contributed by atoms with Gasteiger partial charge in [-0.1, -0.05) is 6.58 Å². The van der Waals surface area contributed by atoms with Crippen LogP contribution in [-0.4, -0.2) is 82.4 Å². The summed E-state index contributed by atoms with van der Waals surface area (Å²) in [5.41, 5.74) is -0.753. The Balaban J connectivity index is 1.53. The Labute approximate surface area is 217 Å². The molecule has 3 aliphatic rings. The molecule has 11 nitrogen and oxygen atoms in total. The van der Waals surface area contributed by atoms with Gasteiger partial charge in [0.05, 0.1) is 18.1 Å². The van der Waals surface area contributed by atoms with Gasteiger partial charge in [-0.2, -0.15) is 4.37 Å². The van der Waals surface area contributed by atoms with Crippen molar-refractivity contribution in [1.29, 1.82) is 0 Å². The second-order valence-electron chi connectivity index (χ2n) is 9.01. The summed E-state index contributed by atoms with van der Waals surface area (Å²) >= 11 is 0.961. The van der Waals surface area contributed by atoms with Gasteiger partial charge in [0.2, 0.25) is 16.8 Å². The molecule has 1 amide bonds. The van der Waals surface area contributed by atoms with Crippen LogP contribution in [0.2, 0.25) is 0 Å². The number of amides is 1. The second-order valence-corrected chi connectivity index (χ2v) is 9.77. The minimum Gasteiger partial charge on any atom is -0.477 e. The van der Waals surface area contributed by atoms with Crippen LogP contribution in [-0.2, 0) is 19.1 Å². The van der Waals surface area contributed by atoms with Crippen molar-refractivity contribution < 1.29 is 28.6 Å². The van der Waals surface area contributed by atoms with Gasteiger partial charge in [0, 0.05) is 44.0 Å². The van der Waals surface area contributed by atoms with Crippen LogP contribution in [0.15, 0.2) is 47.1 Å². The van der Waals surface area contributed by atoms with Crippen molar-refractivity contribution in [3.63, 3.8) is 0 Å². The minimum absolute atomic E-state index is 0.00160. The Morgan fingerprint density at radius 1 is 1.38 bits per heavy atom. The summed E-state index contributed by atoms with van der Waals surface area (Å²) in [6.45, 7) is 6.02. The van der Waals surface area contributed by atoms with Crippen LogP contribution in [0.3, 0.4) is 0 Å². The maximum Gasteiger partial charge on any atom is 0.341 e. The number of ketones is 1. The lowest BCUT2D eigenvalue weighted by Crippen LogP contribution is -2.44. The molecule has 2 N–H and O–H groups in total. The van der Waals surface area contributed by atoms with Crippen LogP contribution in [0.25, 0.3) is 0 Å². The number of piperidine rings is 1. The molecule has 198 valence electrons. The van der Waals surface area contributed by atoms with Crippen LogP contribution in [0, 0.1) is 11.8 Å². The number of hydrogen-bond acceptors (Lipinski definition) is 9. The number of nitrogens with one attached hydrogen (secondary N) is 1. The normalized spacial score (nSPS) is 24.8. The van der Waals surface area contributed by atoms with Crippen LogP contribution in [0.1, 0.15) is 25.7 Å². The van der Waals surface area contributed by atoms with Gasteiger partial charge in [-0.15, -0.1) is 0 Å². The van der Waals surface area contributed by atoms with Gasteiger partial charge >= 0.3 is 5.97 Å². The lowest BCUT2D eigenvalue weighted by Gasteiger charge is -2.34. The summed E-state index contributed by atoms with van der Waals surface area (Å²) in [4.78, 5) is 49.2. The summed E-state index contributed by atoms with van der Waals surface area (Å²) < 4.78 is 22.8. The van der Waals surface area contributed by atoms with Crippen molar-refractivity contribution in [2.45, 2.75) is 25.7 Å². The molecule has 2 fully saturated rings. The maximum absolute atomic E-state index is 13.4. The molecule has 2 unspecified atom stereocenters. The van der Waals surface area contributed by atoms with Crippen molar-refractivity contribution in [2.75, 3.05) is 44.4 Å². The summed E-state index contributed by atoms with van der Waals surface area (Å²) in [6.07, 6.45) is 6.86. The molecule has 3 aliphatic heterocycles. The predicted octanol–water partition coefficient (Wildman–Crippen LogP) is 1.92. The van der Waals surface area contributed by atoms with Gasteiger partial charge in [0.25, 0.3) is 0 Å². The number of likely N-dealkylation sites (tertiary alicyclic amines) is 1. The summed E-state index contributed by atoms with van der Waals surface area (Å²) in [5.74, 6) is -2.02. The minimum atomic E-state index is -1.45. The molecule has 37 heavy (non-hydrogen) atoms. The van der Waals surface area contributed by atoms with E-state index in [1.165, 1.54) is 11.2 Å². The summed E-state index contributed by atoms with van der Waals surface area (Å²) in [6, 6.07) is 0. The number of nitrogens with zero attached hydrogens (tertiary/aromatic N) is 5. The number of aliphatic imine (C=N–C) groups is 1. The monoisotopic (exact) mass is 532 g/mol.